The second-order valence-electron chi connectivity index (χ2n) is 8.77. The van der Waals surface area contributed by atoms with Crippen LogP contribution >= 0.6 is 0 Å². The van der Waals surface area contributed by atoms with Crippen LogP contribution in [0.25, 0.3) is 10.9 Å². The maximum absolute atomic E-state index is 14.5. The molecule has 1 aromatic heterocycles. The zero-order chi connectivity index (χ0) is 16.7. The third-order valence-corrected chi connectivity index (χ3v) is 7.96. The number of nitrogens with zero attached hydrogens (tertiary/aromatic N) is 1. The molecule has 3 nitrogen and oxygen atoms in total. The highest BCUT2D eigenvalue weighted by atomic mass is 19.1. The molecule has 24 heavy (non-hydrogen) atoms. The van der Waals surface area contributed by atoms with Crippen LogP contribution < -0.4 is 0 Å². The third-order valence-electron chi connectivity index (χ3n) is 7.96. The van der Waals surface area contributed by atoms with Crippen molar-refractivity contribution >= 4 is 10.9 Å². The van der Waals surface area contributed by atoms with Crippen LogP contribution in [0.3, 0.4) is 0 Å². The van der Waals surface area contributed by atoms with E-state index < -0.39 is 5.60 Å². The number of aromatic nitrogens is 2. The van der Waals surface area contributed by atoms with E-state index in [0.29, 0.717) is 23.3 Å². The summed E-state index contributed by atoms with van der Waals surface area (Å²) in [5, 5.41) is 18.8. The number of H-pyrrole nitrogens is 1. The Morgan fingerprint density at radius 1 is 1.25 bits per heavy atom. The standard InChI is InChI=1S/C20H25FN2O/c1-19-7-5-12-13(16(19)6-8-20(19,2)24)4-3-11-14(12)9-17(21)18-15(11)10-22-23-18/h9-10,12-13,16,24H,3-8H2,1-2H3,(H,22,23)/t12?,13?,16?,19-,20-/m0/s1. The van der Waals surface area contributed by atoms with Crippen molar-refractivity contribution in [2.24, 2.45) is 17.3 Å². The molecule has 2 saturated carbocycles. The number of benzene rings is 1. The molecule has 2 N–H and O–H groups in total. The molecule has 3 aliphatic rings. The number of halogens is 1. The predicted octanol–water partition coefficient (Wildman–Crippen LogP) is 4.31. The van der Waals surface area contributed by atoms with E-state index in [1.54, 1.807) is 12.3 Å². The Balaban J connectivity index is 1.61. The van der Waals surface area contributed by atoms with E-state index in [9.17, 15) is 9.50 Å². The topological polar surface area (TPSA) is 48.9 Å². The van der Waals surface area contributed by atoms with Crippen molar-refractivity contribution < 1.29 is 9.50 Å². The molecule has 3 unspecified atom stereocenters. The van der Waals surface area contributed by atoms with E-state index in [1.807, 2.05) is 6.92 Å². The number of hydrogen-bond donors (Lipinski definition) is 2. The minimum absolute atomic E-state index is 0.0178. The van der Waals surface area contributed by atoms with Crippen LogP contribution in [0.2, 0.25) is 0 Å². The van der Waals surface area contributed by atoms with E-state index in [1.165, 1.54) is 11.1 Å². The molecular formula is C20H25FN2O. The molecular weight excluding hydrogens is 303 g/mol. The van der Waals surface area contributed by atoms with Crippen LogP contribution in [-0.2, 0) is 6.42 Å². The molecule has 0 amide bonds. The fourth-order valence-electron chi connectivity index (χ4n) is 6.39. The monoisotopic (exact) mass is 328 g/mol. The van der Waals surface area contributed by atoms with Gasteiger partial charge in [-0.3, -0.25) is 5.10 Å². The van der Waals surface area contributed by atoms with Gasteiger partial charge in [-0.05, 0) is 85.8 Å². The number of hydrogen-bond acceptors (Lipinski definition) is 2. The van der Waals surface area contributed by atoms with Gasteiger partial charge in [0.05, 0.1) is 11.8 Å². The summed E-state index contributed by atoms with van der Waals surface area (Å²) in [5.41, 5.74) is 2.53. The second-order valence-corrected chi connectivity index (χ2v) is 8.77. The smallest absolute Gasteiger partial charge is 0.149 e. The minimum atomic E-state index is -0.553. The molecule has 0 saturated heterocycles. The lowest BCUT2D eigenvalue weighted by atomic mass is 9.53. The average Bonchev–Trinajstić information content (AvgIpc) is 3.11. The Morgan fingerprint density at radius 2 is 2.08 bits per heavy atom. The molecule has 1 aromatic carbocycles. The second kappa shape index (κ2) is 4.60. The highest BCUT2D eigenvalue weighted by molar-refractivity contribution is 5.84. The van der Waals surface area contributed by atoms with Crippen molar-refractivity contribution in [1.29, 1.82) is 0 Å². The van der Waals surface area contributed by atoms with Crippen molar-refractivity contribution in [1.82, 2.24) is 10.2 Å². The molecule has 3 aliphatic carbocycles. The van der Waals surface area contributed by atoms with Gasteiger partial charge in [0.2, 0.25) is 0 Å². The van der Waals surface area contributed by atoms with E-state index in [0.717, 1.165) is 43.9 Å². The first-order valence-electron chi connectivity index (χ1n) is 9.29. The van der Waals surface area contributed by atoms with Gasteiger partial charge in [0.15, 0.2) is 0 Å². The van der Waals surface area contributed by atoms with Crippen LogP contribution in [-0.4, -0.2) is 20.9 Å². The van der Waals surface area contributed by atoms with Gasteiger partial charge >= 0.3 is 0 Å². The maximum Gasteiger partial charge on any atom is 0.149 e. The lowest BCUT2D eigenvalue weighted by Crippen LogP contribution is -2.49. The van der Waals surface area contributed by atoms with Crippen molar-refractivity contribution in [2.75, 3.05) is 0 Å². The summed E-state index contributed by atoms with van der Waals surface area (Å²) in [4.78, 5) is 0. The quantitative estimate of drug-likeness (QED) is 0.757. The Bertz CT molecular complexity index is 826. The van der Waals surface area contributed by atoms with Crippen LogP contribution in [0.4, 0.5) is 4.39 Å². The van der Waals surface area contributed by atoms with Crippen molar-refractivity contribution in [2.45, 2.75) is 63.9 Å². The van der Waals surface area contributed by atoms with Gasteiger partial charge in [-0.15, -0.1) is 0 Å². The Labute approximate surface area is 141 Å². The fraction of sp³-hybridized carbons (Fsp3) is 0.650. The van der Waals surface area contributed by atoms with Crippen molar-refractivity contribution in [3.05, 3.63) is 29.2 Å². The van der Waals surface area contributed by atoms with E-state index >= 15 is 0 Å². The van der Waals surface area contributed by atoms with Crippen LogP contribution in [0.5, 0.6) is 0 Å². The Kier molecular flexibility index (Phi) is 2.85. The van der Waals surface area contributed by atoms with Gasteiger partial charge in [-0.2, -0.15) is 5.10 Å². The third kappa shape index (κ3) is 1.68. The molecule has 5 rings (SSSR count). The first kappa shape index (κ1) is 14.9. The molecule has 4 heteroatoms. The summed E-state index contributed by atoms with van der Waals surface area (Å²) in [6, 6.07) is 1.77. The van der Waals surface area contributed by atoms with Crippen LogP contribution in [0, 0.1) is 23.1 Å². The summed E-state index contributed by atoms with van der Waals surface area (Å²) in [7, 11) is 0. The van der Waals surface area contributed by atoms with E-state index in [4.69, 9.17) is 0 Å². The van der Waals surface area contributed by atoms with E-state index in [2.05, 4.69) is 17.1 Å². The van der Waals surface area contributed by atoms with Crippen LogP contribution in [0.15, 0.2) is 12.3 Å². The first-order chi connectivity index (χ1) is 11.4. The maximum atomic E-state index is 14.5. The number of aryl methyl sites for hydroxylation is 1. The molecule has 128 valence electrons. The molecule has 2 fully saturated rings. The van der Waals surface area contributed by atoms with Gasteiger partial charge in [0.25, 0.3) is 0 Å². The minimum Gasteiger partial charge on any atom is -0.390 e. The summed E-state index contributed by atoms with van der Waals surface area (Å²) in [6.45, 7) is 4.31. The zero-order valence-corrected chi connectivity index (χ0v) is 14.4. The van der Waals surface area contributed by atoms with Gasteiger partial charge in [-0.1, -0.05) is 6.92 Å². The number of aliphatic hydroxyl groups is 1. The molecule has 0 aliphatic heterocycles. The largest absolute Gasteiger partial charge is 0.390 e. The number of nitrogens with one attached hydrogen (secondary N) is 1. The van der Waals surface area contributed by atoms with E-state index in [-0.39, 0.29) is 11.2 Å². The molecule has 0 radical (unpaired) electrons. The average molecular weight is 328 g/mol. The Morgan fingerprint density at radius 3 is 2.92 bits per heavy atom. The Hall–Kier alpha value is -1.42. The van der Waals surface area contributed by atoms with Gasteiger partial charge in [0, 0.05) is 5.39 Å². The molecule has 2 aromatic rings. The van der Waals surface area contributed by atoms with Gasteiger partial charge in [-0.25, -0.2) is 4.39 Å². The lowest BCUT2D eigenvalue weighted by molar-refractivity contribution is -0.0901. The summed E-state index contributed by atoms with van der Waals surface area (Å²) >= 11 is 0. The lowest BCUT2D eigenvalue weighted by Gasteiger charge is -2.52. The first-order valence-corrected chi connectivity index (χ1v) is 9.29. The van der Waals surface area contributed by atoms with Crippen LogP contribution in [0.1, 0.15) is 63.0 Å². The highest BCUT2D eigenvalue weighted by Gasteiger charge is 2.59. The van der Waals surface area contributed by atoms with Gasteiger partial charge in [0.1, 0.15) is 11.3 Å². The summed E-state index contributed by atoms with van der Waals surface area (Å²) < 4.78 is 14.5. The fourth-order valence-corrected chi connectivity index (χ4v) is 6.39. The zero-order valence-electron chi connectivity index (χ0n) is 14.4. The molecule has 0 spiro atoms. The van der Waals surface area contributed by atoms with Crippen molar-refractivity contribution in [3.63, 3.8) is 0 Å². The molecule has 5 atom stereocenters. The molecule has 0 bridgehead atoms. The van der Waals surface area contributed by atoms with Gasteiger partial charge < -0.3 is 5.11 Å². The normalized spacial score (nSPS) is 41.1. The molecule has 1 heterocycles. The SMILES string of the molecule is C[C@]1(O)CCC2C3CCc4c(cc(F)c5[nH]ncc45)C3CC[C@@]21C. The number of fused-ring (bicyclic) bond motifs is 7. The van der Waals surface area contributed by atoms with Crippen molar-refractivity contribution in [3.8, 4) is 0 Å². The highest BCUT2D eigenvalue weighted by Crippen LogP contribution is 2.64. The summed E-state index contributed by atoms with van der Waals surface area (Å²) in [5.74, 6) is 1.40. The predicted molar refractivity (Wildman–Crippen MR) is 91.3 cm³/mol. The summed E-state index contributed by atoms with van der Waals surface area (Å²) in [6.07, 6.45) is 8.04. The number of rotatable bonds is 0. The number of aromatic amines is 1.